The zero-order valence-corrected chi connectivity index (χ0v) is 10.9. The Labute approximate surface area is 90.8 Å². The molecule has 14 heavy (non-hydrogen) atoms. The van der Waals surface area contributed by atoms with Gasteiger partial charge in [-0.05, 0) is 18.9 Å². The molecule has 0 unspecified atom stereocenters. The average molecular weight is 217 g/mol. The largest absolute Gasteiger partial charge is 0.397 e. The normalized spacial score (nSPS) is 11.1. The van der Waals surface area contributed by atoms with Crippen molar-refractivity contribution in [2.24, 2.45) is 0 Å². The van der Waals surface area contributed by atoms with Crippen LogP contribution < -0.4 is 0 Å². The van der Waals surface area contributed by atoms with Crippen LogP contribution in [0.15, 0.2) is 0 Å². The highest BCUT2D eigenvalue weighted by Gasteiger charge is 2.11. The van der Waals surface area contributed by atoms with Crippen LogP contribution in [0.5, 0.6) is 0 Å². The summed E-state index contributed by atoms with van der Waals surface area (Å²) in [6.45, 7) is 9.85. The number of unbranched alkanes of at least 4 members (excludes halogenated alkanes) is 2. The van der Waals surface area contributed by atoms with Crippen molar-refractivity contribution in [2.75, 3.05) is 13.2 Å². The Morgan fingerprint density at radius 1 is 1.00 bits per heavy atom. The lowest BCUT2D eigenvalue weighted by atomic mass is 10.3. The molecule has 0 heterocycles. The van der Waals surface area contributed by atoms with Crippen molar-refractivity contribution in [3.63, 3.8) is 0 Å². The van der Waals surface area contributed by atoms with Crippen molar-refractivity contribution in [3.8, 4) is 0 Å². The van der Waals surface area contributed by atoms with E-state index in [1.54, 1.807) is 0 Å². The van der Waals surface area contributed by atoms with Gasteiger partial charge in [0.1, 0.15) is 0 Å². The van der Waals surface area contributed by atoms with Gasteiger partial charge in [-0.15, -0.1) is 0 Å². The first kappa shape index (κ1) is 14.1. The van der Waals surface area contributed by atoms with Gasteiger partial charge in [-0.1, -0.05) is 40.0 Å². The molecule has 0 aromatic carbocycles. The second kappa shape index (κ2) is 11.2. The molecule has 0 fully saturated rings. The smallest absolute Gasteiger partial charge is 0.321 e. The molecule has 0 bridgehead atoms. The summed E-state index contributed by atoms with van der Waals surface area (Å²) in [5.74, 6) is 0. The van der Waals surface area contributed by atoms with Crippen LogP contribution in [0.2, 0.25) is 6.04 Å². The van der Waals surface area contributed by atoms with E-state index in [9.17, 15) is 0 Å². The minimum Gasteiger partial charge on any atom is -0.397 e. The van der Waals surface area contributed by atoms with Gasteiger partial charge in [0.2, 0.25) is 0 Å². The molecule has 0 aliphatic heterocycles. The molecule has 85 valence electrons. The highest BCUT2D eigenvalue weighted by Crippen LogP contribution is 2.07. The summed E-state index contributed by atoms with van der Waals surface area (Å²) in [5, 5.41) is 0. The maximum atomic E-state index is 5.74. The molecule has 0 saturated carbocycles. The van der Waals surface area contributed by atoms with Gasteiger partial charge in [-0.25, -0.2) is 0 Å². The molecule has 0 rings (SSSR count). The Hall–Kier alpha value is 0.137. The van der Waals surface area contributed by atoms with Crippen LogP contribution in [0.1, 0.15) is 46.0 Å². The molecule has 0 aliphatic rings. The summed E-state index contributed by atoms with van der Waals surface area (Å²) in [4.78, 5) is 0. The Kier molecular flexibility index (Phi) is 11.3. The third kappa shape index (κ3) is 8.72. The quantitative estimate of drug-likeness (QED) is 0.413. The molecule has 3 heteroatoms. The van der Waals surface area contributed by atoms with Gasteiger partial charge < -0.3 is 8.85 Å². The van der Waals surface area contributed by atoms with E-state index in [1.807, 2.05) is 0 Å². The van der Waals surface area contributed by atoms with Crippen molar-refractivity contribution in [3.05, 3.63) is 6.92 Å². The third-order valence-corrected chi connectivity index (χ3v) is 4.05. The van der Waals surface area contributed by atoms with Crippen LogP contribution in [0.3, 0.4) is 0 Å². The lowest BCUT2D eigenvalue weighted by Gasteiger charge is -2.15. The van der Waals surface area contributed by atoms with Gasteiger partial charge in [0.25, 0.3) is 0 Å². The average Bonchev–Trinajstić information content (AvgIpc) is 2.21. The van der Waals surface area contributed by atoms with Crippen LogP contribution in [-0.2, 0) is 8.85 Å². The monoisotopic (exact) mass is 217 g/mol. The van der Waals surface area contributed by atoms with Crippen LogP contribution in [0, 0.1) is 6.92 Å². The van der Waals surface area contributed by atoms with E-state index in [-0.39, 0.29) is 0 Å². The molecule has 0 aliphatic carbocycles. The second-order valence-corrected chi connectivity index (χ2v) is 5.62. The maximum Gasteiger partial charge on any atom is 0.321 e. The Balaban J connectivity index is 3.49. The topological polar surface area (TPSA) is 18.5 Å². The minimum absolute atomic E-state index is 0.866. The SMILES string of the molecule is [CH2]CCCC[SiH](OCCC)OCCC. The Morgan fingerprint density at radius 2 is 1.57 bits per heavy atom. The van der Waals surface area contributed by atoms with Crippen LogP contribution in [0.25, 0.3) is 0 Å². The minimum atomic E-state index is -1.33. The summed E-state index contributed by atoms with van der Waals surface area (Å²) in [6.07, 6.45) is 5.63. The number of hydrogen-bond acceptors (Lipinski definition) is 2. The summed E-state index contributed by atoms with van der Waals surface area (Å²) >= 11 is 0. The van der Waals surface area contributed by atoms with Gasteiger partial charge in [0.15, 0.2) is 0 Å². The number of hydrogen-bond donors (Lipinski definition) is 0. The van der Waals surface area contributed by atoms with Gasteiger partial charge >= 0.3 is 9.28 Å². The molecule has 1 radical (unpaired) electrons. The lowest BCUT2D eigenvalue weighted by Crippen LogP contribution is -2.23. The molecule has 0 atom stereocenters. The Morgan fingerprint density at radius 3 is 2.00 bits per heavy atom. The Bertz CT molecular complexity index is 101. The molecule has 0 aromatic rings. The van der Waals surface area contributed by atoms with E-state index in [2.05, 4.69) is 20.8 Å². The van der Waals surface area contributed by atoms with Crippen molar-refractivity contribution < 1.29 is 8.85 Å². The van der Waals surface area contributed by atoms with Gasteiger partial charge in [0, 0.05) is 13.2 Å². The summed E-state index contributed by atoms with van der Waals surface area (Å²) in [7, 11) is -1.33. The maximum absolute atomic E-state index is 5.74. The fourth-order valence-corrected chi connectivity index (χ4v) is 3.25. The van der Waals surface area contributed by atoms with Gasteiger partial charge in [0.05, 0.1) is 0 Å². The van der Waals surface area contributed by atoms with E-state index in [1.165, 1.54) is 12.8 Å². The second-order valence-electron chi connectivity index (χ2n) is 3.52. The van der Waals surface area contributed by atoms with Gasteiger partial charge in [-0.2, -0.15) is 0 Å². The predicted octanol–water partition coefficient (Wildman–Crippen LogP) is 3.06. The van der Waals surface area contributed by atoms with Crippen LogP contribution in [-0.4, -0.2) is 22.5 Å². The highest BCUT2D eigenvalue weighted by molar-refractivity contribution is 6.44. The lowest BCUT2D eigenvalue weighted by molar-refractivity contribution is 0.195. The fourth-order valence-electron chi connectivity index (χ4n) is 1.20. The molecular weight excluding hydrogens is 192 g/mol. The van der Waals surface area contributed by atoms with E-state index >= 15 is 0 Å². The molecule has 2 nitrogen and oxygen atoms in total. The molecule has 0 amide bonds. The molecule has 0 aromatic heterocycles. The first-order valence-electron chi connectivity index (χ1n) is 5.87. The fraction of sp³-hybridized carbons (Fsp3) is 0.909. The standard InChI is InChI=1S/C11H25O2Si/c1-4-7-8-11-14(12-9-5-2)13-10-6-3/h14H,1,4-11H2,2-3H3. The summed E-state index contributed by atoms with van der Waals surface area (Å²) < 4.78 is 11.5. The molecule has 0 N–H and O–H groups in total. The van der Waals surface area contributed by atoms with E-state index < -0.39 is 9.28 Å². The zero-order chi connectivity index (χ0) is 10.6. The van der Waals surface area contributed by atoms with E-state index in [0.717, 1.165) is 38.5 Å². The van der Waals surface area contributed by atoms with E-state index in [0.29, 0.717) is 0 Å². The molecule has 0 saturated heterocycles. The first-order valence-corrected chi connectivity index (χ1v) is 7.63. The van der Waals surface area contributed by atoms with E-state index in [4.69, 9.17) is 8.85 Å². The van der Waals surface area contributed by atoms with Gasteiger partial charge in [-0.3, -0.25) is 0 Å². The predicted molar refractivity (Wildman–Crippen MR) is 63.7 cm³/mol. The van der Waals surface area contributed by atoms with Crippen molar-refractivity contribution in [2.45, 2.75) is 52.0 Å². The molecule has 0 spiro atoms. The number of rotatable bonds is 10. The van der Waals surface area contributed by atoms with Crippen LogP contribution in [0.4, 0.5) is 0 Å². The summed E-state index contributed by atoms with van der Waals surface area (Å²) in [6, 6.07) is 1.15. The van der Waals surface area contributed by atoms with Crippen molar-refractivity contribution in [1.29, 1.82) is 0 Å². The summed E-state index contributed by atoms with van der Waals surface area (Å²) in [5.41, 5.74) is 0. The highest BCUT2D eigenvalue weighted by atomic mass is 28.3. The zero-order valence-electron chi connectivity index (χ0n) is 9.76. The first-order chi connectivity index (χ1) is 6.85. The van der Waals surface area contributed by atoms with Crippen molar-refractivity contribution in [1.82, 2.24) is 0 Å². The van der Waals surface area contributed by atoms with Crippen LogP contribution >= 0.6 is 0 Å². The third-order valence-electron chi connectivity index (χ3n) is 1.96. The van der Waals surface area contributed by atoms with Crippen molar-refractivity contribution >= 4 is 9.28 Å². The molecular formula is C11H25O2Si.